The topological polar surface area (TPSA) is 123 Å². The van der Waals surface area contributed by atoms with Crippen LogP contribution in [0.25, 0.3) is 11.1 Å². The maximum absolute atomic E-state index is 14.3. The number of fused-ring (bicyclic) bond motifs is 1. The van der Waals surface area contributed by atoms with Gasteiger partial charge >= 0.3 is 6.03 Å². The normalized spacial score (nSPS) is 15.6. The molecule has 0 unspecified atom stereocenters. The molecule has 4 amide bonds. The molecule has 10 heteroatoms. The maximum Gasteiger partial charge on any atom is 0.315 e. The van der Waals surface area contributed by atoms with E-state index in [1.807, 2.05) is 69.3 Å². The fourth-order valence-corrected chi connectivity index (χ4v) is 5.50. The van der Waals surface area contributed by atoms with Gasteiger partial charge in [0.1, 0.15) is 11.9 Å². The monoisotopic (exact) mass is 617 g/mol. The first-order valence-electron chi connectivity index (χ1n) is 15.5. The number of anilines is 1. The number of aryl methyl sites for hydroxylation is 1. The predicted molar refractivity (Wildman–Crippen MR) is 174 cm³/mol. The highest BCUT2D eigenvalue weighted by Gasteiger charge is 2.33. The molecule has 3 aromatic rings. The third kappa shape index (κ3) is 9.36. The predicted octanol–water partition coefficient (Wildman–Crippen LogP) is 4.42. The fraction of sp³-hybridized carbons (Fsp3) is 0.400. The number of hydrogen-bond acceptors (Lipinski definition) is 5. The number of benzene rings is 3. The lowest BCUT2D eigenvalue weighted by Crippen LogP contribution is -2.51. The summed E-state index contributed by atoms with van der Waals surface area (Å²) in [6.07, 6.45) is 0.346. The van der Waals surface area contributed by atoms with Gasteiger partial charge in [0.05, 0.1) is 12.6 Å². The minimum absolute atomic E-state index is 0.118. The van der Waals surface area contributed by atoms with Crippen molar-refractivity contribution in [2.24, 2.45) is 0 Å². The van der Waals surface area contributed by atoms with Crippen LogP contribution in [0, 0.1) is 5.82 Å². The second-order valence-electron chi connectivity index (χ2n) is 12.2. The average molecular weight is 618 g/mol. The molecule has 2 atom stereocenters. The Hall–Kier alpha value is -4.28. The minimum atomic E-state index is -0.774. The quantitative estimate of drug-likeness (QED) is 0.206. The first kappa shape index (κ1) is 33.6. The Labute approximate surface area is 264 Å². The summed E-state index contributed by atoms with van der Waals surface area (Å²) in [5, 5.41) is 21.3. The molecule has 45 heavy (non-hydrogen) atoms. The van der Waals surface area contributed by atoms with Crippen molar-refractivity contribution in [3.05, 3.63) is 89.2 Å². The Morgan fingerprint density at radius 1 is 1.07 bits per heavy atom. The van der Waals surface area contributed by atoms with Gasteiger partial charge in [0, 0.05) is 37.3 Å². The molecule has 0 fully saturated rings. The second kappa shape index (κ2) is 15.1. The van der Waals surface area contributed by atoms with Gasteiger partial charge in [-0.25, -0.2) is 9.18 Å². The number of aliphatic hydroxyl groups is 1. The van der Waals surface area contributed by atoms with Gasteiger partial charge in [0.25, 0.3) is 0 Å². The Bertz CT molecular complexity index is 1490. The van der Waals surface area contributed by atoms with E-state index >= 15 is 0 Å². The molecule has 1 aliphatic heterocycles. The first-order valence-corrected chi connectivity index (χ1v) is 15.5. The van der Waals surface area contributed by atoms with Gasteiger partial charge < -0.3 is 31.3 Å². The van der Waals surface area contributed by atoms with E-state index in [9.17, 15) is 23.9 Å². The maximum atomic E-state index is 14.3. The molecule has 0 radical (unpaired) electrons. The van der Waals surface area contributed by atoms with Gasteiger partial charge in [-0.15, -0.1) is 0 Å². The summed E-state index contributed by atoms with van der Waals surface area (Å²) < 4.78 is 14.3. The standard InChI is InChI=1S/C35H44FN5O4/c1-5-37-34(45)38-21-27-8-6-7-9-29(27)25-12-10-24(11-13-25)22-41-31-17-15-28(36)18-26(31)14-16-30(33(41)44)40-32(43)19-35(3,4)39-20-23(2)42/h6-13,15,17-18,23,30,39,42H,5,14,16,19-22H2,1-4H3,(H,40,43)(H2,37,38,45)/t23-,30-/m1/s1. The summed E-state index contributed by atoms with van der Waals surface area (Å²) in [5.74, 6) is -0.910. The highest BCUT2D eigenvalue weighted by Crippen LogP contribution is 2.31. The van der Waals surface area contributed by atoms with Gasteiger partial charge in [-0.1, -0.05) is 48.5 Å². The number of aliphatic hydroxyl groups excluding tert-OH is 1. The van der Waals surface area contributed by atoms with E-state index in [0.717, 1.165) is 22.3 Å². The molecule has 0 saturated heterocycles. The summed E-state index contributed by atoms with van der Waals surface area (Å²) in [6, 6.07) is 19.2. The molecule has 0 aromatic heterocycles. The van der Waals surface area contributed by atoms with Crippen LogP contribution in [-0.4, -0.2) is 53.7 Å². The number of carbonyl (C=O) groups excluding carboxylic acids is 3. The lowest BCUT2D eigenvalue weighted by molar-refractivity contribution is -0.128. The highest BCUT2D eigenvalue weighted by molar-refractivity contribution is 6.00. The van der Waals surface area contributed by atoms with Crippen molar-refractivity contribution in [3.63, 3.8) is 0 Å². The van der Waals surface area contributed by atoms with E-state index in [1.165, 1.54) is 12.1 Å². The number of halogens is 1. The first-order chi connectivity index (χ1) is 21.5. The van der Waals surface area contributed by atoms with Crippen molar-refractivity contribution in [2.45, 2.75) is 77.7 Å². The summed E-state index contributed by atoms with van der Waals surface area (Å²) in [7, 11) is 0. The Kier molecular flexibility index (Phi) is 11.3. The van der Waals surface area contributed by atoms with Crippen LogP contribution in [0.2, 0.25) is 0 Å². The van der Waals surface area contributed by atoms with Crippen LogP contribution in [0.3, 0.4) is 0 Å². The second-order valence-corrected chi connectivity index (χ2v) is 12.2. The third-order valence-corrected chi connectivity index (χ3v) is 7.81. The van der Waals surface area contributed by atoms with Crippen molar-refractivity contribution in [1.29, 1.82) is 0 Å². The van der Waals surface area contributed by atoms with Gasteiger partial charge in [0.15, 0.2) is 0 Å². The van der Waals surface area contributed by atoms with E-state index in [1.54, 1.807) is 17.9 Å². The SMILES string of the molecule is CCNC(=O)NCc1ccccc1-c1ccc(CN2C(=O)[C@H](NC(=O)CC(C)(C)NC[C@@H](C)O)CCc3cc(F)ccc32)cc1. The van der Waals surface area contributed by atoms with Crippen LogP contribution in [0.1, 0.15) is 57.2 Å². The molecule has 0 bridgehead atoms. The van der Waals surface area contributed by atoms with E-state index in [-0.39, 0.29) is 36.6 Å². The number of nitrogens with zero attached hydrogens (tertiary/aromatic N) is 1. The zero-order chi connectivity index (χ0) is 32.6. The smallest absolute Gasteiger partial charge is 0.315 e. The number of hydrogen-bond donors (Lipinski definition) is 5. The van der Waals surface area contributed by atoms with Crippen LogP contribution in [0.4, 0.5) is 14.9 Å². The molecular weight excluding hydrogens is 573 g/mol. The third-order valence-electron chi connectivity index (χ3n) is 7.81. The number of carbonyl (C=O) groups is 3. The summed E-state index contributed by atoms with van der Waals surface area (Å²) in [6.45, 7) is 8.78. The minimum Gasteiger partial charge on any atom is -0.392 e. The number of rotatable bonds is 12. The lowest BCUT2D eigenvalue weighted by Gasteiger charge is -2.29. The summed E-state index contributed by atoms with van der Waals surface area (Å²) in [5.41, 5.74) is 4.55. The molecule has 1 aliphatic rings. The van der Waals surface area contributed by atoms with Crippen LogP contribution in [0.5, 0.6) is 0 Å². The molecule has 4 rings (SSSR count). The molecule has 0 spiro atoms. The van der Waals surface area contributed by atoms with Gasteiger partial charge in [-0.05, 0) is 86.6 Å². The zero-order valence-electron chi connectivity index (χ0n) is 26.5. The number of β-amino-alcohol motifs (C(OH)–C–C–N with tert-alkyl or cyclic N) is 1. The summed E-state index contributed by atoms with van der Waals surface area (Å²) >= 11 is 0. The molecular formula is C35H44FN5O4. The van der Waals surface area contributed by atoms with Crippen LogP contribution < -0.4 is 26.2 Å². The van der Waals surface area contributed by atoms with Crippen molar-refractivity contribution in [1.82, 2.24) is 21.3 Å². The average Bonchev–Trinajstić information content (AvgIpc) is 3.11. The fourth-order valence-electron chi connectivity index (χ4n) is 5.50. The van der Waals surface area contributed by atoms with Crippen molar-refractivity contribution >= 4 is 23.5 Å². The lowest BCUT2D eigenvalue weighted by atomic mass is 9.98. The summed E-state index contributed by atoms with van der Waals surface area (Å²) in [4.78, 5) is 40.6. The molecule has 0 saturated carbocycles. The van der Waals surface area contributed by atoms with Crippen LogP contribution in [0.15, 0.2) is 66.7 Å². The Morgan fingerprint density at radius 2 is 1.80 bits per heavy atom. The highest BCUT2D eigenvalue weighted by atomic mass is 19.1. The van der Waals surface area contributed by atoms with Crippen molar-refractivity contribution < 1.29 is 23.9 Å². The van der Waals surface area contributed by atoms with E-state index in [2.05, 4.69) is 21.3 Å². The van der Waals surface area contributed by atoms with Gasteiger partial charge in [0.2, 0.25) is 11.8 Å². The Balaban J connectivity index is 1.52. The molecule has 1 heterocycles. The van der Waals surface area contributed by atoms with E-state index in [0.29, 0.717) is 43.7 Å². The number of nitrogens with one attached hydrogen (secondary N) is 4. The molecule has 0 aliphatic carbocycles. The van der Waals surface area contributed by atoms with Crippen LogP contribution in [-0.2, 0) is 29.1 Å². The van der Waals surface area contributed by atoms with E-state index in [4.69, 9.17) is 0 Å². The largest absolute Gasteiger partial charge is 0.392 e. The molecule has 5 N–H and O–H groups in total. The number of urea groups is 1. The van der Waals surface area contributed by atoms with Crippen molar-refractivity contribution in [2.75, 3.05) is 18.0 Å². The molecule has 3 aromatic carbocycles. The van der Waals surface area contributed by atoms with Gasteiger partial charge in [-0.2, -0.15) is 0 Å². The number of amides is 4. The Morgan fingerprint density at radius 3 is 2.51 bits per heavy atom. The van der Waals surface area contributed by atoms with Gasteiger partial charge in [-0.3, -0.25) is 9.59 Å². The van der Waals surface area contributed by atoms with Crippen LogP contribution >= 0.6 is 0 Å². The molecule has 9 nitrogen and oxygen atoms in total. The van der Waals surface area contributed by atoms with Crippen molar-refractivity contribution in [3.8, 4) is 11.1 Å². The zero-order valence-corrected chi connectivity index (χ0v) is 26.5. The molecule has 240 valence electrons. The van der Waals surface area contributed by atoms with E-state index < -0.39 is 17.7 Å².